The molecule has 3 nitrogen and oxygen atoms in total. The molecule has 0 bridgehead atoms. The fourth-order valence-corrected chi connectivity index (χ4v) is 1.56. The van der Waals surface area contributed by atoms with Crippen molar-refractivity contribution in [3.8, 4) is 0 Å². The molecule has 0 radical (unpaired) electrons. The molecule has 0 unspecified atom stereocenters. The van der Waals surface area contributed by atoms with E-state index in [4.69, 9.17) is 11.6 Å². The van der Waals surface area contributed by atoms with E-state index in [1.807, 2.05) is 39.3 Å². The Labute approximate surface area is 95.1 Å². The van der Waals surface area contributed by atoms with Crippen LogP contribution in [0.1, 0.15) is 25.1 Å². The summed E-state index contributed by atoms with van der Waals surface area (Å²) >= 11 is 6.13. The average molecular weight is 226 g/mol. The van der Waals surface area contributed by atoms with Gasteiger partial charge in [0.15, 0.2) is 5.65 Å². The molecule has 0 saturated heterocycles. The lowest BCUT2D eigenvalue weighted by Crippen LogP contribution is -1.93. The van der Waals surface area contributed by atoms with Crippen molar-refractivity contribution >= 4 is 22.8 Å². The predicted octanol–water partition coefficient (Wildman–Crippen LogP) is 3.26. The smallest absolute Gasteiger partial charge is 0.161 e. The molecule has 0 aliphatic rings. The molecule has 0 atom stereocenters. The molecular weight excluding hydrogens is 210 g/mol. The molecule has 0 amide bonds. The Hall–Kier alpha value is -1.09. The Balaban J connectivity index is 0.000000531. The van der Waals surface area contributed by atoms with Gasteiger partial charge in [0.2, 0.25) is 0 Å². The summed E-state index contributed by atoms with van der Waals surface area (Å²) in [7, 11) is 1.91. The van der Waals surface area contributed by atoms with Crippen LogP contribution in [0.3, 0.4) is 0 Å². The van der Waals surface area contributed by atoms with E-state index in [2.05, 4.69) is 9.97 Å². The number of pyridine rings is 1. The van der Waals surface area contributed by atoms with Crippen LogP contribution in [-0.2, 0) is 7.05 Å². The van der Waals surface area contributed by atoms with Crippen molar-refractivity contribution in [2.75, 3.05) is 0 Å². The van der Waals surface area contributed by atoms with Gasteiger partial charge in [-0.05, 0) is 19.4 Å². The van der Waals surface area contributed by atoms with E-state index in [0.717, 1.165) is 22.4 Å². The summed E-state index contributed by atoms with van der Waals surface area (Å²) in [6.07, 6.45) is 1.72. The molecule has 0 aromatic carbocycles. The number of imidazole rings is 1. The third kappa shape index (κ3) is 1.97. The molecular formula is C11H16ClN3. The van der Waals surface area contributed by atoms with Gasteiger partial charge < -0.3 is 4.57 Å². The van der Waals surface area contributed by atoms with Crippen LogP contribution < -0.4 is 0 Å². The van der Waals surface area contributed by atoms with Gasteiger partial charge in [0.05, 0.1) is 11.3 Å². The highest BCUT2D eigenvalue weighted by Gasteiger charge is 2.10. The molecule has 2 aromatic rings. The van der Waals surface area contributed by atoms with Crippen molar-refractivity contribution in [2.24, 2.45) is 7.05 Å². The van der Waals surface area contributed by atoms with Gasteiger partial charge in [-0.2, -0.15) is 0 Å². The fraction of sp³-hybridized carbons (Fsp3) is 0.455. The quantitative estimate of drug-likeness (QED) is 0.689. The first-order valence-corrected chi connectivity index (χ1v) is 5.42. The van der Waals surface area contributed by atoms with Gasteiger partial charge in [-0.1, -0.05) is 25.4 Å². The first-order chi connectivity index (χ1) is 7.11. The second kappa shape index (κ2) is 4.62. The Kier molecular flexibility index (Phi) is 3.69. The maximum absolute atomic E-state index is 6.13. The lowest BCUT2D eigenvalue weighted by molar-refractivity contribution is 0.925. The van der Waals surface area contributed by atoms with Crippen LogP contribution >= 0.6 is 11.6 Å². The van der Waals surface area contributed by atoms with Gasteiger partial charge in [0, 0.05) is 12.7 Å². The Morgan fingerprint density at radius 3 is 2.47 bits per heavy atom. The van der Waals surface area contributed by atoms with Gasteiger partial charge in [0.25, 0.3) is 0 Å². The minimum Gasteiger partial charge on any atom is -0.318 e. The summed E-state index contributed by atoms with van der Waals surface area (Å²) in [6, 6.07) is 0. The van der Waals surface area contributed by atoms with E-state index in [-0.39, 0.29) is 0 Å². The van der Waals surface area contributed by atoms with E-state index in [9.17, 15) is 0 Å². The summed E-state index contributed by atoms with van der Waals surface area (Å²) in [6.45, 7) is 7.91. The van der Waals surface area contributed by atoms with Gasteiger partial charge in [0.1, 0.15) is 5.52 Å². The largest absolute Gasteiger partial charge is 0.318 e. The third-order valence-corrected chi connectivity index (χ3v) is 2.72. The van der Waals surface area contributed by atoms with Crippen LogP contribution in [0.5, 0.6) is 0 Å². The predicted molar refractivity (Wildman–Crippen MR) is 64.3 cm³/mol. The highest BCUT2D eigenvalue weighted by Crippen LogP contribution is 2.25. The molecule has 15 heavy (non-hydrogen) atoms. The van der Waals surface area contributed by atoms with Crippen LogP contribution in [0.25, 0.3) is 11.2 Å². The maximum Gasteiger partial charge on any atom is 0.161 e. The van der Waals surface area contributed by atoms with E-state index in [0.29, 0.717) is 5.02 Å². The molecule has 2 heterocycles. The molecule has 2 rings (SSSR count). The molecule has 0 fully saturated rings. The zero-order chi connectivity index (χ0) is 11.6. The van der Waals surface area contributed by atoms with Crippen LogP contribution in [-0.4, -0.2) is 14.5 Å². The minimum atomic E-state index is 0.711. The molecule has 0 aliphatic heterocycles. The SMILES string of the molecule is CC.Cc1nc2c(ncn2C)c(Cl)c1C. The Morgan fingerprint density at radius 1 is 1.27 bits per heavy atom. The monoisotopic (exact) mass is 225 g/mol. The van der Waals surface area contributed by atoms with E-state index >= 15 is 0 Å². The third-order valence-electron chi connectivity index (χ3n) is 2.26. The first kappa shape index (κ1) is 12.0. The number of nitrogens with zero attached hydrogens (tertiary/aromatic N) is 3. The van der Waals surface area contributed by atoms with Gasteiger partial charge in [-0.3, -0.25) is 0 Å². The fourth-order valence-electron chi connectivity index (χ4n) is 1.29. The van der Waals surface area contributed by atoms with Gasteiger partial charge in [-0.15, -0.1) is 0 Å². The van der Waals surface area contributed by atoms with Crippen LogP contribution in [0.2, 0.25) is 5.02 Å². The number of hydrogen-bond donors (Lipinski definition) is 0. The van der Waals surface area contributed by atoms with Crippen molar-refractivity contribution in [1.29, 1.82) is 0 Å². The number of aromatic nitrogens is 3. The molecule has 0 saturated carbocycles. The molecule has 0 spiro atoms. The number of aryl methyl sites for hydroxylation is 2. The molecule has 0 N–H and O–H groups in total. The summed E-state index contributed by atoms with van der Waals surface area (Å²) in [5.41, 5.74) is 3.59. The summed E-state index contributed by atoms with van der Waals surface area (Å²) in [5.74, 6) is 0. The maximum atomic E-state index is 6.13. The number of halogens is 1. The number of rotatable bonds is 0. The van der Waals surface area contributed by atoms with Crippen molar-refractivity contribution in [3.05, 3.63) is 22.6 Å². The lowest BCUT2D eigenvalue weighted by Gasteiger charge is -2.02. The summed E-state index contributed by atoms with van der Waals surface area (Å²) in [5, 5.41) is 0.711. The van der Waals surface area contributed by atoms with Crippen LogP contribution in [0.4, 0.5) is 0 Å². The van der Waals surface area contributed by atoms with Crippen LogP contribution in [0, 0.1) is 13.8 Å². The Bertz CT molecular complexity index is 474. The van der Waals surface area contributed by atoms with Crippen molar-refractivity contribution < 1.29 is 0 Å². The molecule has 0 aliphatic carbocycles. The summed E-state index contributed by atoms with van der Waals surface area (Å²) in [4.78, 5) is 8.60. The topological polar surface area (TPSA) is 30.7 Å². The Morgan fingerprint density at radius 2 is 1.87 bits per heavy atom. The minimum absolute atomic E-state index is 0.711. The van der Waals surface area contributed by atoms with Gasteiger partial charge >= 0.3 is 0 Å². The average Bonchev–Trinajstić information content (AvgIpc) is 2.61. The van der Waals surface area contributed by atoms with E-state index < -0.39 is 0 Å². The highest BCUT2D eigenvalue weighted by atomic mass is 35.5. The zero-order valence-corrected chi connectivity index (χ0v) is 10.6. The van der Waals surface area contributed by atoms with Gasteiger partial charge in [-0.25, -0.2) is 9.97 Å². The number of fused-ring (bicyclic) bond motifs is 1. The van der Waals surface area contributed by atoms with Crippen molar-refractivity contribution in [1.82, 2.24) is 14.5 Å². The van der Waals surface area contributed by atoms with E-state index in [1.165, 1.54) is 0 Å². The lowest BCUT2D eigenvalue weighted by atomic mass is 10.2. The molecule has 4 heteroatoms. The molecule has 82 valence electrons. The molecule has 2 aromatic heterocycles. The van der Waals surface area contributed by atoms with E-state index in [1.54, 1.807) is 6.33 Å². The second-order valence-electron chi connectivity index (χ2n) is 3.16. The van der Waals surface area contributed by atoms with Crippen molar-refractivity contribution in [3.63, 3.8) is 0 Å². The first-order valence-electron chi connectivity index (χ1n) is 5.05. The number of hydrogen-bond acceptors (Lipinski definition) is 2. The zero-order valence-electron chi connectivity index (χ0n) is 9.80. The summed E-state index contributed by atoms with van der Waals surface area (Å²) < 4.78 is 1.87. The second-order valence-corrected chi connectivity index (χ2v) is 3.54. The van der Waals surface area contributed by atoms with Crippen molar-refractivity contribution in [2.45, 2.75) is 27.7 Å². The highest BCUT2D eigenvalue weighted by molar-refractivity contribution is 6.35. The van der Waals surface area contributed by atoms with Crippen LogP contribution in [0.15, 0.2) is 6.33 Å². The standard InChI is InChI=1S/C9H10ClN3.C2H6/c1-5-6(2)12-9-8(7(5)10)11-4-13(9)3;1-2/h4H,1-3H3;1-2H3. The normalized spacial score (nSPS) is 10.0.